The smallest absolute Gasteiger partial charge is 0.250 e. The maximum atomic E-state index is 13.2. The van der Waals surface area contributed by atoms with E-state index in [-0.39, 0.29) is 10.6 Å². The normalized spacial score (nSPS) is 10.3. The van der Waals surface area contributed by atoms with Crippen LogP contribution in [0.3, 0.4) is 0 Å². The predicted octanol–water partition coefficient (Wildman–Crippen LogP) is 2.75. The molecule has 1 N–H and O–H groups in total. The highest BCUT2D eigenvalue weighted by molar-refractivity contribution is 6.30. The number of benzene rings is 1. The minimum Gasteiger partial charge on any atom is -0.383 e. The van der Waals surface area contributed by atoms with Crippen LogP contribution >= 0.6 is 11.6 Å². The van der Waals surface area contributed by atoms with Gasteiger partial charge in [0.1, 0.15) is 5.82 Å². The van der Waals surface area contributed by atoms with E-state index >= 15 is 0 Å². The van der Waals surface area contributed by atoms with Gasteiger partial charge in [0.25, 0.3) is 5.56 Å². The van der Waals surface area contributed by atoms with Crippen molar-refractivity contribution in [1.82, 2.24) is 4.57 Å². The Balaban J connectivity index is 1.95. The number of anilines is 1. The van der Waals surface area contributed by atoms with Gasteiger partial charge < -0.3 is 9.88 Å². The Hall–Kier alpha value is -1.81. The lowest BCUT2D eigenvalue weighted by atomic mass is 10.3. The van der Waals surface area contributed by atoms with E-state index in [4.69, 9.17) is 11.6 Å². The van der Waals surface area contributed by atoms with Crippen molar-refractivity contribution in [2.75, 3.05) is 11.9 Å². The number of nitrogens with zero attached hydrogens (tertiary/aromatic N) is 1. The maximum Gasteiger partial charge on any atom is 0.250 e. The molecule has 0 amide bonds. The Morgan fingerprint density at radius 2 is 2.11 bits per heavy atom. The summed E-state index contributed by atoms with van der Waals surface area (Å²) in [6.07, 6.45) is 1.71. The van der Waals surface area contributed by atoms with Gasteiger partial charge in [0.15, 0.2) is 0 Å². The average molecular weight is 267 g/mol. The molecule has 0 atom stereocenters. The molecular formula is C13H12ClFN2O. The standard InChI is InChI=1S/C13H12ClFN2O/c14-11-5-4-10(9-12(11)15)16-6-8-17-7-2-1-3-13(17)18/h1-5,7,9,16H,6,8H2. The van der Waals surface area contributed by atoms with Gasteiger partial charge in [-0.2, -0.15) is 0 Å². The number of aromatic nitrogens is 1. The Labute approximate surface area is 109 Å². The second-order valence-corrected chi connectivity index (χ2v) is 4.20. The van der Waals surface area contributed by atoms with E-state index in [1.165, 1.54) is 18.2 Å². The van der Waals surface area contributed by atoms with E-state index < -0.39 is 5.82 Å². The van der Waals surface area contributed by atoms with Crippen LogP contribution in [0.4, 0.5) is 10.1 Å². The molecule has 1 aromatic heterocycles. The summed E-state index contributed by atoms with van der Waals surface area (Å²) in [6.45, 7) is 1.05. The van der Waals surface area contributed by atoms with Crippen LogP contribution in [0, 0.1) is 5.82 Å². The zero-order valence-electron chi connectivity index (χ0n) is 9.57. The van der Waals surface area contributed by atoms with Crippen molar-refractivity contribution in [2.45, 2.75) is 6.54 Å². The third-order valence-electron chi connectivity index (χ3n) is 2.50. The van der Waals surface area contributed by atoms with Gasteiger partial charge in [-0.3, -0.25) is 4.79 Å². The second-order valence-electron chi connectivity index (χ2n) is 3.79. The summed E-state index contributed by atoms with van der Waals surface area (Å²) in [7, 11) is 0. The number of halogens is 2. The van der Waals surface area contributed by atoms with Crippen LogP contribution in [0.5, 0.6) is 0 Å². The highest BCUT2D eigenvalue weighted by Gasteiger charge is 2.00. The van der Waals surface area contributed by atoms with Gasteiger partial charge in [-0.15, -0.1) is 0 Å². The number of pyridine rings is 1. The molecule has 0 bridgehead atoms. The first kappa shape index (κ1) is 12.6. The Morgan fingerprint density at radius 3 is 2.83 bits per heavy atom. The fourth-order valence-corrected chi connectivity index (χ4v) is 1.69. The second kappa shape index (κ2) is 5.69. The Bertz CT molecular complexity index is 598. The number of rotatable bonds is 4. The largest absolute Gasteiger partial charge is 0.383 e. The minimum atomic E-state index is -0.460. The minimum absolute atomic E-state index is 0.0541. The van der Waals surface area contributed by atoms with Crippen LogP contribution < -0.4 is 10.9 Å². The third-order valence-corrected chi connectivity index (χ3v) is 2.81. The van der Waals surface area contributed by atoms with E-state index in [9.17, 15) is 9.18 Å². The molecule has 94 valence electrons. The first-order valence-electron chi connectivity index (χ1n) is 5.51. The molecule has 0 aliphatic carbocycles. The van der Waals surface area contributed by atoms with Crippen LogP contribution in [-0.4, -0.2) is 11.1 Å². The monoisotopic (exact) mass is 266 g/mol. The molecule has 1 heterocycles. The zero-order chi connectivity index (χ0) is 13.0. The topological polar surface area (TPSA) is 34.0 Å². The number of hydrogen-bond acceptors (Lipinski definition) is 2. The lowest BCUT2D eigenvalue weighted by Crippen LogP contribution is -2.21. The van der Waals surface area contributed by atoms with Crippen LogP contribution in [-0.2, 0) is 6.54 Å². The Kier molecular flexibility index (Phi) is 3.99. The van der Waals surface area contributed by atoms with Gasteiger partial charge in [-0.25, -0.2) is 4.39 Å². The van der Waals surface area contributed by atoms with Gasteiger partial charge in [0, 0.05) is 31.0 Å². The van der Waals surface area contributed by atoms with Crippen LogP contribution in [0.15, 0.2) is 47.4 Å². The van der Waals surface area contributed by atoms with E-state index in [1.807, 2.05) is 0 Å². The van der Waals surface area contributed by atoms with E-state index in [2.05, 4.69) is 5.32 Å². The van der Waals surface area contributed by atoms with Gasteiger partial charge in [-0.1, -0.05) is 17.7 Å². The fraction of sp³-hybridized carbons (Fsp3) is 0.154. The third kappa shape index (κ3) is 3.11. The van der Waals surface area contributed by atoms with Crippen molar-refractivity contribution in [3.05, 3.63) is 63.8 Å². The summed E-state index contributed by atoms with van der Waals surface area (Å²) < 4.78 is 14.7. The molecule has 0 saturated carbocycles. The molecule has 0 aliphatic rings. The fourth-order valence-electron chi connectivity index (χ4n) is 1.57. The summed E-state index contributed by atoms with van der Waals surface area (Å²) in [4.78, 5) is 11.4. The van der Waals surface area contributed by atoms with Crippen LogP contribution in [0.25, 0.3) is 0 Å². The average Bonchev–Trinajstić information content (AvgIpc) is 2.36. The van der Waals surface area contributed by atoms with Crippen molar-refractivity contribution >= 4 is 17.3 Å². The molecule has 2 aromatic rings. The number of nitrogens with one attached hydrogen (secondary N) is 1. The summed E-state index contributed by atoms with van der Waals surface area (Å²) >= 11 is 5.58. The first-order valence-corrected chi connectivity index (χ1v) is 5.89. The summed E-state index contributed by atoms with van der Waals surface area (Å²) in [5.74, 6) is -0.460. The predicted molar refractivity (Wildman–Crippen MR) is 70.6 cm³/mol. The molecule has 2 rings (SSSR count). The molecule has 0 aliphatic heterocycles. The lowest BCUT2D eigenvalue weighted by Gasteiger charge is -2.08. The van der Waals surface area contributed by atoms with Crippen molar-refractivity contribution in [3.8, 4) is 0 Å². The molecule has 3 nitrogen and oxygen atoms in total. The van der Waals surface area contributed by atoms with Gasteiger partial charge >= 0.3 is 0 Å². The molecule has 5 heteroatoms. The zero-order valence-corrected chi connectivity index (χ0v) is 10.3. The lowest BCUT2D eigenvalue weighted by molar-refractivity contribution is 0.628. The number of hydrogen-bond donors (Lipinski definition) is 1. The summed E-state index contributed by atoms with van der Waals surface area (Å²) in [5.41, 5.74) is 0.586. The molecule has 0 fully saturated rings. The molecular weight excluding hydrogens is 255 g/mol. The van der Waals surface area contributed by atoms with E-state index in [0.717, 1.165) is 0 Å². The van der Waals surface area contributed by atoms with Crippen molar-refractivity contribution in [1.29, 1.82) is 0 Å². The first-order chi connectivity index (χ1) is 8.66. The van der Waals surface area contributed by atoms with Gasteiger partial charge in [0.05, 0.1) is 5.02 Å². The molecule has 0 saturated heterocycles. The van der Waals surface area contributed by atoms with Crippen LogP contribution in [0.1, 0.15) is 0 Å². The van der Waals surface area contributed by atoms with Crippen molar-refractivity contribution in [3.63, 3.8) is 0 Å². The molecule has 1 aromatic carbocycles. The van der Waals surface area contributed by atoms with E-state index in [1.54, 1.807) is 29.0 Å². The van der Waals surface area contributed by atoms with E-state index in [0.29, 0.717) is 18.8 Å². The van der Waals surface area contributed by atoms with Crippen LogP contribution in [0.2, 0.25) is 5.02 Å². The van der Waals surface area contributed by atoms with Crippen molar-refractivity contribution < 1.29 is 4.39 Å². The maximum absolute atomic E-state index is 13.2. The quantitative estimate of drug-likeness (QED) is 0.923. The Morgan fingerprint density at radius 1 is 1.28 bits per heavy atom. The summed E-state index contributed by atoms with van der Waals surface area (Å²) in [6, 6.07) is 9.51. The highest BCUT2D eigenvalue weighted by Crippen LogP contribution is 2.18. The van der Waals surface area contributed by atoms with Crippen molar-refractivity contribution in [2.24, 2.45) is 0 Å². The van der Waals surface area contributed by atoms with Gasteiger partial charge in [0.2, 0.25) is 0 Å². The summed E-state index contributed by atoms with van der Waals surface area (Å²) in [5, 5.41) is 3.13. The highest BCUT2D eigenvalue weighted by atomic mass is 35.5. The SMILES string of the molecule is O=c1ccccn1CCNc1ccc(Cl)c(F)c1. The molecule has 0 unspecified atom stereocenters. The molecule has 0 radical (unpaired) electrons. The molecule has 18 heavy (non-hydrogen) atoms. The molecule has 0 spiro atoms. The van der Waals surface area contributed by atoms with Gasteiger partial charge in [-0.05, 0) is 24.3 Å².